The molecule has 2 aromatic carbocycles. The fourth-order valence-electron chi connectivity index (χ4n) is 5.10. The molecule has 0 saturated carbocycles. The molecule has 0 radical (unpaired) electrons. The summed E-state index contributed by atoms with van der Waals surface area (Å²) in [5.41, 5.74) is 7.94. The molecule has 0 amide bonds. The molecule has 3 nitrogen and oxygen atoms in total. The highest BCUT2D eigenvalue weighted by Gasteiger charge is 2.29. The van der Waals surface area contributed by atoms with Gasteiger partial charge in [-0.2, -0.15) is 0 Å². The molecular formula is C39H52O3. The molecule has 0 bridgehead atoms. The van der Waals surface area contributed by atoms with Gasteiger partial charge in [-0.05, 0) is 105 Å². The van der Waals surface area contributed by atoms with Crippen LogP contribution in [-0.4, -0.2) is 23.6 Å². The molecule has 1 aliphatic heterocycles. The zero-order valence-electron chi connectivity index (χ0n) is 26.8. The zero-order chi connectivity index (χ0) is 31.1. The number of hydrogen-bond donors (Lipinski definition) is 1. The van der Waals surface area contributed by atoms with Gasteiger partial charge in [0.25, 0.3) is 0 Å². The molecule has 1 saturated heterocycles. The van der Waals surface area contributed by atoms with Gasteiger partial charge in [-0.3, -0.25) is 0 Å². The maximum atomic E-state index is 11.1. The van der Waals surface area contributed by atoms with Crippen molar-refractivity contribution in [3.05, 3.63) is 131 Å². The minimum absolute atomic E-state index is 0.204. The van der Waals surface area contributed by atoms with E-state index in [0.717, 1.165) is 53.7 Å². The molecule has 3 rings (SSSR count). The minimum atomic E-state index is -0.604. The maximum Gasteiger partial charge on any atom is 0.158 e. The predicted octanol–water partition coefficient (Wildman–Crippen LogP) is 10.4. The van der Waals surface area contributed by atoms with Crippen LogP contribution in [0.3, 0.4) is 0 Å². The van der Waals surface area contributed by atoms with Crippen LogP contribution in [-0.2, 0) is 9.47 Å². The fraction of sp³-hybridized carbons (Fsp3) is 0.385. The van der Waals surface area contributed by atoms with Crippen LogP contribution in [0, 0.1) is 13.8 Å². The Bertz CT molecular complexity index is 1270. The van der Waals surface area contributed by atoms with Crippen LogP contribution in [0.5, 0.6) is 0 Å². The molecule has 0 aliphatic carbocycles. The average Bonchev–Trinajstić information content (AvgIpc) is 2.98. The molecule has 3 heteroatoms. The quantitative estimate of drug-likeness (QED) is 0.244. The number of benzene rings is 2. The molecule has 2 atom stereocenters. The Morgan fingerprint density at radius 3 is 2.43 bits per heavy atom. The molecule has 1 fully saturated rings. The number of allylic oxidation sites excluding steroid dienone is 5. The number of hydrogen-bond acceptors (Lipinski definition) is 3. The monoisotopic (exact) mass is 568 g/mol. The predicted molar refractivity (Wildman–Crippen MR) is 181 cm³/mol. The first-order chi connectivity index (χ1) is 20.1. The minimum Gasteiger partial charge on any atom is -0.388 e. The van der Waals surface area contributed by atoms with Gasteiger partial charge in [-0.1, -0.05) is 112 Å². The molecule has 1 aliphatic rings. The third-order valence-electron chi connectivity index (χ3n) is 7.38. The van der Waals surface area contributed by atoms with Crippen molar-refractivity contribution in [2.75, 3.05) is 6.61 Å². The molecule has 42 heavy (non-hydrogen) atoms. The number of aliphatic hydroxyl groups excluding tert-OH is 1. The van der Waals surface area contributed by atoms with Gasteiger partial charge in [-0.25, -0.2) is 0 Å². The van der Waals surface area contributed by atoms with Gasteiger partial charge in [0.05, 0.1) is 11.7 Å². The summed E-state index contributed by atoms with van der Waals surface area (Å²) in [4.78, 5) is 0. The highest BCUT2D eigenvalue weighted by Crippen LogP contribution is 2.32. The van der Waals surface area contributed by atoms with E-state index in [2.05, 4.69) is 57.9 Å². The van der Waals surface area contributed by atoms with Gasteiger partial charge < -0.3 is 14.6 Å². The van der Waals surface area contributed by atoms with Crippen LogP contribution < -0.4 is 0 Å². The van der Waals surface area contributed by atoms with E-state index in [1.807, 2.05) is 82.3 Å². The van der Waals surface area contributed by atoms with Gasteiger partial charge in [0.2, 0.25) is 0 Å². The third kappa shape index (κ3) is 10.9. The van der Waals surface area contributed by atoms with Gasteiger partial charge >= 0.3 is 0 Å². The smallest absolute Gasteiger partial charge is 0.158 e. The van der Waals surface area contributed by atoms with Crippen LogP contribution in [0.1, 0.15) is 93.7 Å². The fourth-order valence-corrected chi connectivity index (χ4v) is 5.10. The van der Waals surface area contributed by atoms with Gasteiger partial charge in [0, 0.05) is 6.61 Å². The van der Waals surface area contributed by atoms with Crippen LogP contribution in [0.4, 0.5) is 0 Å². The first-order valence-corrected chi connectivity index (χ1v) is 15.3. The Kier molecular flexibility index (Phi) is 14.7. The zero-order valence-corrected chi connectivity index (χ0v) is 26.8. The van der Waals surface area contributed by atoms with E-state index in [-0.39, 0.29) is 6.29 Å². The average molecular weight is 569 g/mol. The molecule has 0 spiro atoms. The van der Waals surface area contributed by atoms with E-state index < -0.39 is 11.7 Å². The largest absolute Gasteiger partial charge is 0.388 e. The molecule has 226 valence electrons. The van der Waals surface area contributed by atoms with E-state index >= 15 is 0 Å². The standard InChI is InChI=1S/C37H46O3.C2H6/c1-8-31(34(9-2)37(6,7)40-36-15-10-11-24-39-36)22-23-35(38)33-14-12-13-30(26-33)19-16-27(3)17-20-32-21-18-28(4)25-29(32)5;1-2/h8-9,12-14,16-21,25-26,35-36,38H,1-3,10-11,15,22-24H2,4-7H3;1-2H3/b19-16+,20-17-,34-31-;. The molecular weight excluding hydrogens is 516 g/mol. The van der Waals surface area contributed by atoms with Crippen molar-refractivity contribution >= 4 is 12.2 Å². The Hall–Kier alpha value is -3.24. The summed E-state index contributed by atoms with van der Waals surface area (Å²) in [6, 6.07) is 14.4. The van der Waals surface area contributed by atoms with Gasteiger partial charge in [-0.15, -0.1) is 0 Å². The summed E-state index contributed by atoms with van der Waals surface area (Å²) < 4.78 is 12.1. The van der Waals surface area contributed by atoms with Crippen LogP contribution in [0.2, 0.25) is 0 Å². The number of ether oxygens (including phenoxy) is 2. The summed E-state index contributed by atoms with van der Waals surface area (Å²) in [7, 11) is 0. The van der Waals surface area contributed by atoms with Crippen molar-refractivity contribution in [1.29, 1.82) is 0 Å². The highest BCUT2D eigenvalue weighted by molar-refractivity contribution is 5.61. The van der Waals surface area contributed by atoms with E-state index in [1.165, 1.54) is 16.7 Å². The molecule has 1 heterocycles. The lowest BCUT2D eigenvalue weighted by Crippen LogP contribution is -2.35. The van der Waals surface area contributed by atoms with E-state index in [4.69, 9.17) is 9.47 Å². The van der Waals surface area contributed by atoms with Gasteiger partial charge in [0.15, 0.2) is 6.29 Å². The van der Waals surface area contributed by atoms with Gasteiger partial charge in [0.1, 0.15) is 0 Å². The van der Waals surface area contributed by atoms with Crippen molar-refractivity contribution in [2.24, 2.45) is 0 Å². The Morgan fingerprint density at radius 1 is 1.05 bits per heavy atom. The second-order valence-corrected chi connectivity index (χ2v) is 11.1. The van der Waals surface area contributed by atoms with Crippen LogP contribution in [0.15, 0.2) is 103 Å². The number of aryl methyl sites for hydroxylation is 2. The lowest BCUT2D eigenvalue weighted by atomic mass is 9.89. The lowest BCUT2D eigenvalue weighted by Gasteiger charge is -2.35. The van der Waals surface area contributed by atoms with Crippen molar-refractivity contribution in [2.45, 2.75) is 91.6 Å². The Morgan fingerprint density at radius 2 is 1.79 bits per heavy atom. The van der Waals surface area contributed by atoms with E-state index in [9.17, 15) is 5.11 Å². The first kappa shape index (κ1) is 35.0. The SMILES string of the molecule is C=C/C(CCC(O)c1cccc(/C=C/C(=C)/C=C\c2ccc(C)cc2C)c1)=C(\C=C)C(C)(C)OC1CCCCO1.CC. The van der Waals surface area contributed by atoms with E-state index in [1.54, 1.807) is 0 Å². The topological polar surface area (TPSA) is 38.7 Å². The summed E-state index contributed by atoms with van der Waals surface area (Å²) in [6.07, 6.45) is 15.4. The first-order valence-electron chi connectivity index (χ1n) is 15.3. The van der Waals surface area contributed by atoms with Crippen LogP contribution >= 0.6 is 0 Å². The number of rotatable bonds is 13. The lowest BCUT2D eigenvalue weighted by molar-refractivity contribution is -0.204. The normalized spacial score (nSPS) is 16.9. The summed E-state index contributed by atoms with van der Waals surface area (Å²) in [5.74, 6) is 0. The van der Waals surface area contributed by atoms with Crippen molar-refractivity contribution in [3.8, 4) is 0 Å². The van der Waals surface area contributed by atoms with Crippen LogP contribution in [0.25, 0.3) is 12.2 Å². The molecule has 2 aromatic rings. The highest BCUT2D eigenvalue weighted by atomic mass is 16.7. The summed E-state index contributed by atoms with van der Waals surface area (Å²) in [5, 5.41) is 11.1. The van der Waals surface area contributed by atoms with E-state index in [0.29, 0.717) is 12.8 Å². The van der Waals surface area contributed by atoms with Crippen molar-refractivity contribution in [3.63, 3.8) is 0 Å². The molecule has 1 N–H and O–H groups in total. The van der Waals surface area contributed by atoms with Crippen molar-refractivity contribution in [1.82, 2.24) is 0 Å². The second kappa shape index (κ2) is 17.7. The molecule has 2 unspecified atom stereocenters. The maximum absolute atomic E-state index is 11.1. The second-order valence-electron chi connectivity index (χ2n) is 11.1. The third-order valence-corrected chi connectivity index (χ3v) is 7.38. The molecule has 0 aromatic heterocycles. The van der Waals surface area contributed by atoms with Crippen molar-refractivity contribution < 1.29 is 14.6 Å². The number of aliphatic hydroxyl groups is 1. The summed E-state index contributed by atoms with van der Waals surface area (Å²) >= 11 is 0. The Balaban J connectivity index is 0.00000301. The summed E-state index contributed by atoms with van der Waals surface area (Å²) in [6.45, 7) is 25.3. The Labute approximate surface area is 255 Å².